The van der Waals surface area contributed by atoms with Crippen LogP contribution in [0, 0.1) is 11.6 Å². The maximum absolute atomic E-state index is 13.6. The van der Waals surface area contributed by atoms with Gasteiger partial charge in [-0.1, -0.05) is 24.3 Å². The molecule has 0 bridgehead atoms. The second-order valence-electron chi connectivity index (χ2n) is 6.27. The Balaban J connectivity index is 1.62. The van der Waals surface area contributed by atoms with E-state index in [-0.39, 0.29) is 24.8 Å². The molecule has 0 saturated heterocycles. The number of carbonyl (C=O) groups excluding carboxylic acids is 2. The Morgan fingerprint density at radius 3 is 2.54 bits per heavy atom. The van der Waals surface area contributed by atoms with Crippen LogP contribution >= 0.6 is 0 Å². The number of urea groups is 1. The van der Waals surface area contributed by atoms with Gasteiger partial charge in [-0.15, -0.1) is 0 Å². The van der Waals surface area contributed by atoms with E-state index >= 15 is 0 Å². The molecule has 2 aromatic carbocycles. The van der Waals surface area contributed by atoms with Crippen LogP contribution in [0.4, 0.5) is 13.6 Å². The largest absolute Gasteiger partial charge is 0.329 e. The molecule has 0 radical (unpaired) electrons. The third-order valence-corrected chi connectivity index (χ3v) is 4.49. The quantitative estimate of drug-likeness (QED) is 0.889. The third kappa shape index (κ3) is 2.92. The van der Waals surface area contributed by atoms with Crippen LogP contribution in [-0.2, 0) is 11.3 Å². The second-order valence-corrected chi connectivity index (χ2v) is 6.27. The Bertz CT molecular complexity index is 925. The van der Waals surface area contributed by atoms with Gasteiger partial charge in [-0.05, 0) is 35.4 Å². The van der Waals surface area contributed by atoms with Gasteiger partial charge in [-0.2, -0.15) is 0 Å². The van der Waals surface area contributed by atoms with Crippen LogP contribution in [-0.4, -0.2) is 23.4 Å². The molecule has 132 valence electrons. The van der Waals surface area contributed by atoms with Gasteiger partial charge >= 0.3 is 6.03 Å². The van der Waals surface area contributed by atoms with E-state index in [1.807, 2.05) is 0 Å². The lowest BCUT2D eigenvalue weighted by atomic mass is 9.96. The molecule has 0 unspecified atom stereocenters. The number of rotatable bonds is 3. The summed E-state index contributed by atoms with van der Waals surface area (Å²) in [4.78, 5) is 26.4. The van der Waals surface area contributed by atoms with Crippen molar-refractivity contribution in [3.63, 3.8) is 0 Å². The number of benzene rings is 2. The molecule has 2 aromatic rings. The minimum absolute atomic E-state index is 0.241. The minimum Gasteiger partial charge on any atom is -0.329 e. The maximum Gasteiger partial charge on any atom is 0.319 e. The van der Waals surface area contributed by atoms with Crippen molar-refractivity contribution in [3.8, 4) is 0 Å². The predicted octanol–water partition coefficient (Wildman–Crippen LogP) is 2.62. The average molecular weight is 355 g/mol. The Morgan fingerprint density at radius 2 is 1.81 bits per heavy atom. The van der Waals surface area contributed by atoms with E-state index in [4.69, 9.17) is 0 Å². The first-order valence-corrected chi connectivity index (χ1v) is 8.11. The van der Waals surface area contributed by atoms with E-state index in [9.17, 15) is 18.4 Å². The monoisotopic (exact) mass is 355 g/mol. The zero-order valence-corrected chi connectivity index (χ0v) is 13.6. The summed E-state index contributed by atoms with van der Waals surface area (Å²) in [5.41, 5.74) is 2.19. The number of nitrogens with zero attached hydrogens (tertiary/aromatic N) is 1. The molecule has 0 spiro atoms. The van der Waals surface area contributed by atoms with Gasteiger partial charge in [0.2, 0.25) is 0 Å². The van der Waals surface area contributed by atoms with Crippen molar-refractivity contribution < 1.29 is 18.4 Å². The van der Waals surface area contributed by atoms with E-state index in [0.29, 0.717) is 16.8 Å². The zero-order valence-electron chi connectivity index (χ0n) is 13.6. The summed E-state index contributed by atoms with van der Waals surface area (Å²) in [5, 5.41) is 5.34. The van der Waals surface area contributed by atoms with Crippen LogP contribution < -0.4 is 10.6 Å². The highest BCUT2D eigenvalue weighted by molar-refractivity contribution is 6.01. The SMILES string of the molecule is O=C1NC2=C(C(=O)N(Cc3ccc(F)cc3)C2)[C@@H](c2cccc(F)c2)N1. The molecule has 4 rings (SSSR count). The fourth-order valence-corrected chi connectivity index (χ4v) is 3.30. The van der Waals surface area contributed by atoms with Gasteiger partial charge in [-0.25, -0.2) is 13.6 Å². The summed E-state index contributed by atoms with van der Waals surface area (Å²) in [5.74, 6) is -1.03. The molecule has 2 N–H and O–H groups in total. The summed E-state index contributed by atoms with van der Waals surface area (Å²) in [7, 11) is 0. The molecule has 2 aliphatic rings. The van der Waals surface area contributed by atoms with Gasteiger partial charge in [0.05, 0.1) is 23.9 Å². The number of nitrogens with one attached hydrogen (secondary N) is 2. The zero-order chi connectivity index (χ0) is 18.3. The first kappa shape index (κ1) is 16.3. The van der Waals surface area contributed by atoms with E-state index in [2.05, 4.69) is 10.6 Å². The van der Waals surface area contributed by atoms with Crippen molar-refractivity contribution >= 4 is 11.9 Å². The van der Waals surface area contributed by atoms with Crippen molar-refractivity contribution in [2.75, 3.05) is 6.54 Å². The molecule has 0 aromatic heterocycles. The van der Waals surface area contributed by atoms with Crippen LogP contribution in [0.25, 0.3) is 0 Å². The topological polar surface area (TPSA) is 61.4 Å². The summed E-state index contributed by atoms with van der Waals surface area (Å²) in [6.45, 7) is 0.530. The highest BCUT2D eigenvalue weighted by Gasteiger charge is 2.40. The predicted molar refractivity (Wildman–Crippen MR) is 89.7 cm³/mol. The van der Waals surface area contributed by atoms with Gasteiger partial charge in [0.25, 0.3) is 5.91 Å². The number of halogens is 2. The molecule has 2 aliphatic heterocycles. The highest BCUT2D eigenvalue weighted by Crippen LogP contribution is 2.33. The van der Waals surface area contributed by atoms with Crippen molar-refractivity contribution in [2.45, 2.75) is 12.6 Å². The molecule has 5 nitrogen and oxygen atoms in total. The molecule has 7 heteroatoms. The molecule has 0 saturated carbocycles. The smallest absolute Gasteiger partial charge is 0.319 e. The lowest BCUT2D eigenvalue weighted by Gasteiger charge is -2.25. The van der Waals surface area contributed by atoms with Crippen molar-refractivity contribution in [3.05, 3.63) is 82.6 Å². The fraction of sp³-hybridized carbons (Fsp3) is 0.158. The fourth-order valence-electron chi connectivity index (χ4n) is 3.30. The standard InChI is InChI=1S/C19H15F2N3O2/c20-13-6-4-11(5-7-13)9-24-10-15-16(18(24)25)17(23-19(26)22-15)12-2-1-3-14(21)8-12/h1-8,17H,9-10H2,(H2,22,23,26)/t17-/m1/s1. The molecule has 26 heavy (non-hydrogen) atoms. The number of hydrogen-bond acceptors (Lipinski definition) is 2. The van der Waals surface area contributed by atoms with E-state index in [1.54, 1.807) is 23.1 Å². The molecular formula is C19H15F2N3O2. The van der Waals surface area contributed by atoms with Crippen molar-refractivity contribution in [1.29, 1.82) is 0 Å². The van der Waals surface area contributed by atoms with Crippen LogP contribution in [0.1, 0.15) is 17.2 Å². The lowest BCUT2D eigenvalue weighted by Crippen LogP contribution is -2.44. The summed E-state index contributed by atoms with van der Waals surface area (Å²) >= 11 is 0. The Morgan fingerprint density at radius 1 is 1.04 bits per heavy atom. The summed E-state index contributed by atoms with van der Waals surface area (Å²) in [6.07, 6.45) is 0. The minimum atomic E-state index is -0.708. The normalized spacial score (nSPS) is 19.3. The maximum atomic E-state index is 13.6. The van der Waals surface area contributed by atoms with Gasteiger partial charge in [0.15, 0.2) is 0 Å². The van der Waals surface area contributed by atoms with E-state index in [0.717, 1.165) is 5.56 Å². The van der Waals surface area contributed by atoms with Crippen LogP contribution in [0.3, 0.4) is 0 Å². The Kier molecular flexibility index (Phi) is 3.91. The molecule has 2 heterocycles. The van der Waals surface area contributed by atoms with Crippen LogP contribution in [0.15, 0.2) is 59.8 Å². The summed E-state index contributed by atoms with van der Waals surface area (Å²) < 4.78 is 26.6. The number of hydrogen-bond donors (Lipinski definition) is 2. The molecule has 3 amide bonds. The summed E-state index contributed by atoms with van der Waals surface area (Å²) in [6, 6.07) is 10.6. The van der Waals surface area contributed by atoms with Gasteiger partial charge in [0, 0.05) is 6.54 Å². The van der Waals surface area contributed by atoms with Crippen molar-refractivity contribution in [1.82, 2.24) is 15.5 Å². The molecule has 1 atom stereocenters. The van der Waals surface area contributed by atoms with Gasteiger partial charge < -0.3 is 15.5 Å². The van der Waals surface area contributed by atoms with Crippen LogP contribution in [0.5, 0.6) is 0 Å². The number of amides is 3. The first-order valence-electron chi connectivity index (χ1n) is 8.11. The van der Waals surface area contributed by atoms with Gasteiger partial charge in [-0.3, -0.25) is 4.79 Å². The molecule has 0 fully saturated rings. The lowest BCUT2D eigenvalue weighted by molar-refractivity contribution is -0.126. The highest BCUT2D eigenvalue weighted by atomic mass is 19.1. The average Bonchev–Trinajstić information content (AvgIpc) is 2.92. The third-order valence-electron chi connectivity index (χ3n) is 4.49. The second kappa shape index (κ2) is 6.25. The van der Waals surface area contributed by atoms with Gasteiger partial charge in [0.1, 0.15) is 11.6 Å². The number of carbonyl (C=O) groups is 2. The van der Waals surface area contributed by atoms with E-state index < -0.39 is 17.9 Å². The first-order chi connectivity index (χ1) is 12.5. The Hall–Kier alpha value is -3.22. The van der Waals surface area contributed by atoms with Crippen LogP contribution in [0.2, 0.25) is 0 Å². The van der Waals surface area contributed by atoms with Crippen molar-refractivity contribution in [2.24, 2.45) is 0 Å². The van der Waals surface area contributed by atoms with E-state index in [1.165, 1.54) is 30.3 Å². The molecule has 0 aliphatic carbocycles. The molecular weight excluding hydrogens is 340 g/mol. The Labute approximate surface area is 148 Å².